The maximum absolute atomic E-state index is 14.0. The molecule has 1 aliphatic rings. The summed E-state index contributed by atoms with van der Waals surface area (Å²) in [6, 6.07) is 3.41. The minimum Gasteiger partial charge on any atom is -0.496 e. The fourth-order valence-electron chi connectivity index (χ4n) is 3.02. The Balaban J connectivity index is 2.50. The first-order valence-corrected chi connectivity index (χ1v) is 7.15. The highest BCUT2D eigenvalue weighted by atomic mass is 19.1. The van der Waals surface area contributed by atoms with Crippen LogP contribution in [0.1, 0.15) is 63.0 Å². The SMILES string of the molecule is COc1cc(F)c(C(C)C)cc1C1(N)CCCCC1. The van der Waals surface area contributed by atoms with E-state index in [1.54, 1.807) is 7.11 Å². The van der Waals surface area contributed by atoms with Crippen LogP contribution < -0.4 is 10.5 Å². The standard InChI is InChI=1S/C16H24FNO/c1-11(2)12-9-13(15(19-3)10-14(12)17)16(18)7-5-4-6-8-16/h9-11H,4-8,18H2,1-3H3. The van der Waals surface area contributed by atoms with Gasteiger partial charge in [0.2, 0.25) is 0 Å². The first kappa shape index (κ1) is 14.3. The fraction of sp³-hybridized carbons (Fsp3) is 0.625. The smallest absolute Gasteiger partial charge is 0.130 e. The predicted octanol–water partition coefficient (Wildman–Crippen LogP) is 4.08. The molecular weight excluding hydrogens is 241 g/mol. The minimum atomic E-state index is -0.360. The Kier molecular flexibility index (Phi) is 4.14. The van der Waals surface area contributed by atoms with Crippen molar-refractivity contribution in [2.75, 3.05) is 7.11 Å². The summed E-state index contributed by atoms with van der Waals surface area (Å²) in [5.74, 6) is 0.540. The van der Waals surface area contributed by atoms with Crippen molar-refractivity contribution in [1.29, 1.82) is 0 Å². The Morgan fingerprint density at radius 1 is 1.21 bits per heavy atom. The Bertz CT molecular complexity index is 450. The van der Waals surface area contributed by atoms with Crippen LogP contribution >= 0.6 is 0 Å². The normalized spacial score (nSPS) is 18.6. The Hall–Kier alpha value is -1.09. The van der Waals surface area contributed by atoms with Crippen molar-refractivity contribution in [3.05, 3.63) is 29.1 Å². The van der Waals surface area contributed by atoms with Crippen molar-refractivity contribution in [2.45, 2.75) is 57.4 Å². The van der Waals surface area contributed by atoms with Crippen LogP contribution in [0.5, 0.6) is 5.75 Å². The number of benzene rings is 1. The van der Waals surface area contributed by atoms with Gasteiger partial charge in [0, 0.05) is 17.2 Å². The molecule has 2 nitrogen and oxygen atoms in total. The molecule has 0 aromatic heterocycles. The van der Waals surface area contributed by atoms with Crippen LogP contribution in [0, 0.1) is 5.82 Å². The van der Waals surface area contributed by atoms with Gasteiger partial charge in [0.1, 0.15) is 11.6 Å². The molecule has 19 heavy (non-hydrogen) atoms. The molecule has 2 rings (SSSR count). The van der Waals surface area contributed by atoms with Gasteiger partial charge in [-0.1, -0.05) is 33.1 Å². The molecule has 0 atom stereocenters. The number of hydrogen-bond acceptors (Lipinski definition) is 2. The van der Waals surface area contributed by atoms with E-state index in [0.29, 0.717) is 5.75 Å². The molecule has 0 unspecified atom stereocenters. The summed E-state index contributed by atoms with van der Waals surface area (Å²) in [6.45, 7) is 4.00. The zero-order valence-corrected chi connectivity index (χ0v) is 12.1. The maximum atomic E-state index is 14.0. The summed E-state index contributed by atoms with van der Waals surface area (Å²) < 4.78 is 19.4. The number of ether oxygens (including phenoxy) is 1. The molecule has 3 heteroatoms. The Morgan fingerprint density at radius 2 is 1.84 bits per heavy atom. The molecule has 1 aromatic carbocycles. The summed E-state index contributed by atoms with van der Waals surface area (Å²) in [4.78, 5) is 0. The van der Waals surface area contributed by atoms with Crippen LogP contribution in [0.2, 0.25) is 0 Å². The van der Waals surface area contributed by atoms with E-state index in [2.05, 4.69) is 0 Å². The van der Waals surface area contributed by atoms with Gasteiger partial charge in [-0.3, -0.25) is 0 Å². The number of rotatable bonds is 3. The van der Waals surface area contributed by atoms with Crippen LogP contribution in [0.25, 0.3) is 0 Å². The quantitative estimate of drug-likeness (QED) is 0.894. The minimum absolute atomic E-state index is 0.150. The van der Waals surface area contributed by atoms with Crippen molar-refractivity contribution >= 4 is 0 Å². The molecule has 1 aliphatic carbocycles. The lowest BCUT2D eigenvalue weighted by Gasteiger charge is -2.35. The van der Waals surface area contributed by atoms with E-state index in [4.69, 9.17) is 10.5 Å². The summed E-state index contributed by atoms with van der Waals surface area (Å²) >= 11 is 0. The molecule has 0 aliphatic heterocycles. The van der Waals surface area contributed by atoms with E-state index < -0.39 is 0 Å². The third kappa shape index (κ3) is 2.76. The first-order chi connectivity index (χ1) is 8.98. The molecule has 2 N–H and O–H groups in total. The zero-order chi connectivity index (χ0) is 14.0. The monoisotopic (exact) mass is 265 g/mol. The lowest BCUT2D eigenvalue weighted by atomic mass is 9.76. The van der Waals surface area contributed by atoms with Gasteiger partial charge in [-0.2, -0.15) is 0 Å². The average molecular weight is 265 g/mol. The van der Waals surface area contributed by atoms with Crippen LogP contribution in [0.3, 0.4) is 0 Å². The van der Waals surface area contributed by atoms with E-state index in [1.807, 2.05) is 19.9 Å². The van der Waals surface area contributed by atoms with Gasteiger partial charge in [0.15, 0.2) is 0 Å². The highest BCUT2D eigenvalue weighted by Gasteiger charge is 2.33. The molecule has 1 aromatic rings. The highest BCUT2D eigenvalue weighted by Crippen LogP contribution is 2.41. The van der Waals surface area contributed by atoms with Gasteiger partial charge in [-0.05, 0) is 30.4 Å². The van der Waals surface area contributed by atoms with E-state index in [-0.39, 0.29) is 17.3 Å². The second-order valence-corrected chi connectivity index (χ2v) is 5.95. The second-order valence-electron chi connectivity index (χ2n) is 5.95. The highest BCUT2D eigenvalue weighted by molar-refractivity contribution is 5.44. The van der Waals surface area contributed by atoms with Crippen molar-refractivity contribution in [3.8, 4) is 5.75 Å². The molecule has 106 valence electrons. The van der Waals surface area contributed by atoms with Gasteiger partial charge in [0.25, 0.3) is 0 Å². The van der Waals surface area contributed by atoms with Crippen LogP contribution in [-0.4, -0.2) is 7.11 Å². The number of nitrogens with two attached hydrogens (primary N) is 1. The number of halogens is 1. The van der Waals surface area contributed by atoms with E-state index in [9.17, 15) is 4.39 Å². The molecular formula is C16H24FNO. The topological polar surface area (TPSA) is 35.2 Å². The van der Waals surface area contributed by atoms with Crippen molar-refractivity contribution in [1.82, 2.24) is 0 Å². The Morgan fingerprint density at radius 3 is 2.37 bits per heavy atom. The molecule has 1 saturated carbocycles. The number of hydrogen-bond donors (Lipinski definition) is 1. The molecule has 1 fully saturated rings. The third-order valence-corrected chi connectivity index (χ3v) is 4.22. The average Bonchev–Trinajstić information content (AvgIpc) is 2.38. The van der Waals surface area contributed by atoms with Crippen LogP contribution in [-0.2, 0) is 5.54 Å². The summed E-state index contributed by atoms with van der Waals surface area (Å²) in [7, 11) is 1.58. The van der Waals surface area contributed by atoms with Crippen molar-refractivity contribution < 1.29 is 9.13 Å². The van der Waals surface area contributed by atoms with Gasteiger partial charge in [-0.25, -0.2) is 4.39 Å². The second kappa shape index (κ2) is 5.49. The maximum Gasteiger partial charge on any atom is 0.130 e. The summed E-state index contributed by atoms with van der Waals surface area (Å²) in [5, 5.41) is 0. The van der Waals surface area contributed by atoms with Crippen LogP contribution in [0.4, 0.5) is 4.39 Å². The summed E-state index contributed by atoms with van der Waals surface area (Å²) in [5.41, 5.74) is 7.91. The molecule has 0 saturated heterocycles. The van der Waals surface area contributed by atoms with Gasteiger partial charge >= 0.3 is 0 Å². The number of methoxy groups -OCH3 is 1. The van der Waals surface area contributed by atoms with Gasteiger partial charge < -0.3 is 10.5 Å². The van der Waals surface area contributed by atoms with E-state index in [1.165, 1.54) is 12.5 Å². The molecule has 0 bridgehead atoms. The van der Waals surface area contributed by atoms with Crippen molar-refractivity contribution in [3.63, 3.8) is 0 Å². The molecule has 0 spiro atoms. The van der Waals surface area contributed by atoms with Gasteiger partial charge in [0.05, 0.1) is 7.11 Å². The van der Waals surface area contributed by atoms with Gasteiger partial charge in [-0.15, -0.1) is 0 Å². The largest absolute Gasteiger partial charge is 0.496 e. The van der Waals surface area contributed by atoms with Crippen molar-refractivity contribution in [2.24, 2.45) is 5.73 Å². The van der Waals surface area contributed by atoms with E-state index in [0.717, 1.165) is 36.8 Å². The first-order valence-electron chi connectivity index (χ1n) is 7.15. The lowest BCUT2D eigenvalue weighted by Crippen LogP contribution is -2.39. The lowest BCUT2D eigenvalue weighted by molar-refractivity contribution is 0.288. The molecule has 0 radical (unpaired) electrons. The zero-order valence-electron chi connectivity index (χ0n) is 12.1. The Labute approximate surface area is 115 Å². The third-order valence-electron chi connectivity index (χ3n) is 4.22. The molecule has 0 amide bonds. The fourth-order valence-corrected chi connectivity index (χ4v) is 3.02. The van der Waals surface area contributed by atoms with E-state index >= 15 is 0 Å². The molecule has 0 heterocycles. The predicted molar refractivity (Wildman–Crippen MR) is 76.0 cm³/mol. The summed E-state index contributed by atoms with van der Waals surface area (Å²) in [6.07, 6.45) is 5.40. The van der Waals surface area contributed by atoms with Crippen LogP contribution in [0.15, 0.2) is 12.1 Å².